The second kappa shape index (κ2) is 5.62. The van der Waals surface area contributed by atoms with Gasteiger partial charge < -0.3 is 20.9 Å². The van der Waals surface area contributed by atoms with E-state index in [0.29, 0.717) is 19.4 Å². The Hall–Kier alpha value is -1.89. The van der Waals surface area contributed by atoms with Crippen molar-refractivity contribution in [1.82, 2.24) is 0 Å². The highest BCUT2D eigenvalue weighted by molar-refractivity contribution is 5.97. The van der Waals surface area contributed by atoms with Gasteiger partial charge in [0.2, 0.25) is 0 Å². The number of anilines is 1. The minimum atomic E-state index is -0.769. The van der Waals surface area contributed by atoms with Crippen LogP contribution in [-0.2, 0) is 0 Å². The first kappa shape index (κ1) is 14.5. The molecule has 1 aliphatic carbocycles. The molecule has 1 aliphatic rings. The van der Waals surface area contributed by atoms with Gasteiger partial charge in [0, 0.05) is 19.2 Å². The highest BCUT2D eigenvalue weighted by atomic mass is 19.1. The summed E-state index contributed by atoms with van der Waals surface area (Å²) in [4.78, 5) is 1.48. The Morgan fingerprint density at radius 3 is 2.40 bits per heavy atom. The molecule has 0 saturated heterocycles. The molecular formula is C13H17F2N3O2. The van der Waals surface area contributed by atoms with Crippen LogP contribution in [0.2, 0.25) is 0 Å². The molecule has 5 nitrogen and oxygen atoms in total. The highest BCUT2D eigenvalue weighted by Gasteiger charge is 2.29. The van der Waals surface area contributed by atoms with Crippen molar-refractivity contribution in [2.24, 2.45) is 16.8 Å². The number of nitrogens with zero attached hydrogens (tertiary/aromatic N) is 2. The lowest BCUT2D eigenvalue weighted by Crippen LogP contribution is -2.37. The van der Waals surface area contributed by atoms with Gasteiger partial charge in [0.05, 0.1) is 6.10 Å². The van der Waals surface area contributed by atoms with Crippen molar-refractivity contribution in [1.29, 1.82) is 0 Å². The maximum atomic E-state index is 14.0. The summed E-state index contributed by atoms with van der Waals surface area (Å²) in [5.74, 6) is -1.65. The minimum absolute atomic E-state index is 0.0151. The second-order valence-electron chi connectivity index (χ2n) is 5.15. The number of nitrogens with two attached hydrogens (primary N) is 1. The molecule has 0 radical (unpaired) electrons. The summed E-state index contributed by atoms with van der Waals surface area (Å²) in [7, 11) is 1.59. The fourth-order valence-corrected chi connectivity index (χ4v) is 2.46. The van der Waals surface area contributed by atoms with E-state index in [9.17, 15) is 13.9 Å². The van der Waals surface area contributed by atoms with E-state index < -0.39 is 11.6 Å². The van der Waals surface area contributed by atoms with Crippen molar-refractivity contribution < 1.29 is 19.1 Å². The summed E-state index contributed by atoms with van der Waals surface area (Å²) < 4.78 is 28.0. The lowest BCUT2D eigenvalue weighted by Gasteiger charge is -2.35. The molecule has 0 aromatic heterocycles. The molecule has 1 fully saturated rings. The zero-order chi connectivity index (χ0) is 14.9. The summed E-state index contributed by atoms with van der Waals surface area (Å²) in [6.45, 7) is 0.466. The largest absolute Gasteiger partial charge is 0.409 e. The minimum Gasteiger partial charge on any atom is -0.409 e. The molecule has 1 saturated carbocycles. The van der Waals surface area contributed by atoms with E-state index in [2.05, 4.69) is 5.16 Å². The molecule has 0 atom stereocenters. The molecule has 0 aliphatic heterocycles. The van der Waals surface area contributed by atoms with Crippen molar-refractivity contribution in [3.63, 3.8) is 0 Å². The van der Waals surface area contributed by atoms with Crippen LogP contribution in [0.5, 0.6) is 0 Å². The van der Waals surface area contributed by atoms with Crippen LogP contribution in [0, 0.1) is 17.6 Å². The van der Waals surface area contributed by atoms with E-state index in [1.807, 2.05) is 0 Å². The second-order valence-corrected chi connectivity index (χ2v) is 5.15. The van der Waals surface area contributed by atoms with Crippen molar-refractivity contribution in [3.8, 4) is 0 Å². The van der Waals surface area contributed by atoms with Crippen LogP contribution in [0.3, 0.4) is 0 Å². The van der Waals surface area contributed by atoms with Crippen LogP contribution in [0.4, 0.5) is 14.5 Å². The van der Waals surface area contributed by atoms with E-state index in [0.717, 1.165) is 12.1 Å². The van der Waals surface area contributed by atoms with Gasteiger partial charge in [0.15, 0.2) is 5.84 Å². The SMILES string of the molecule is CN(CC1CC(O)C1)c1c(F)cc(C(N)=NO)cc1F. The van der Waals surface area contributed by atoms with Gasteiger partial charge in [-0.15, -0.1) is 0 Å². The normalized spacial score (nSPS) is 22.5. The van der Waals surface area contributed by atoms with Crippen LogP contribution < -0.4 is 10.6 Å². The molecule has 2 rings (SSSR count). The number of aliphatic hydroxyl groups is 1. The molecule has 1 aromatic carbocycles. The van der Waals surface area contributed by atoms with Gasteiger partial charge in [-0.05, 0) is 30.9 Å². The summed E-state index contributed by atoms with van der Waals surface area (Å²) >= 11 is 0. The van der Waals surface area contributed by atoms with Crippen LogP contribution >= 0.6 is 0 Å². The first-order valence-electron chi connectivity index (χ1n) is 6.28. The van der Waals surface area contributed by atoms with Gasteiger partial charge in [0.1, 0.15) is 17.3 Å². The van der Waals surface area contributed by atoms with E-state index in [1.54, 1.807) is 7.05 Å². The molecule has 4 N–H and O–H groups in total. The Morgan fingerprint density at radius 2 is 1.95 bits per heavy atom. The first-order chi connectivity index (χ1) is 9.42. The first-order valence-corrected chi connectivity index (χ1v) is 6.28. The summed E-state index contributed by atoms with van der Waals surface area (Å²) in [6.07, 6.45) is 0.997. The van der Waals surface area contributed by atoms with Crippen molar-refractivity contribution >= 4 is 11.5 Å². The maximum Gasteiger partial charge on any atom is 0.170 e. The van der Waals surface area contributed by atoms with Crippen LogP contribution in [0.1, 0.15) is 18.4 Å². The molecule has 0 amide bonds. The Bertz CT molecular complexity index is 507. The lowest BCUT2D eigenvalue weighted by molar-refractivity contribution is 0.0464. The monoisotopic (exact) mass is 285 g/mol. The third-order valence-corrected chi connectivity index (χ3v) is 3.54. The topological polar surface area (TPSA) is 82.1 Å². The quantitative estimate of drug-likeness (QED) is 0.337. The molecule has 1 aromatic rings. The van der Waals surface area contributed by atoms with Crippen molar-refractivity contribution in [3.05, 3.63) is 29.3 Å². The number of aliphatic hydroxyl groups excluding tert-OH is 1. The number of hydrogen-bond acceptors (Lipinski definition) is 4. The number of rotatable bonds is 4. The van der Waals surface area contributed by atoms with Gasteiger partial charge >= 0.3 is 0 Å². The van der Waals surface area contributed by atoms with Gasteiger partial charge in [0.25, 0.3) is 0 Å². The van der Waals surface area contributed by atoms with Gasteiger partial charge in [-0.1, -0.05) is 5.16 Å². The van der Waals surface area contributed by atoms with Crippen LogP contribution in [0.15, 0.2) is 17.3 Å². The van der Waals surface area contributed by atoms with Gasteiger partial charge in [-0.2, -0.15) is 0 Å². The maximum absolute atomic E-state index is 14.0. The molecule has 20 heavy (non-hydrogen) atoms. The Kier molecular flexibility index (Phi) is 4.08. The fraction of sp³-hybridized carbons (Fsp3) is 0.462. The van der Waals surface area contributed by atoms with Gasteiger partial charge in [-0.3, -0.25) is 0 Å². The zero-order valence-corrected chi connectivity index (χ0v) is 11.1. The predicted octanol–water partition coefficient (Wildman–Crippen LogP) is 1.27. The Labute approximate surface area is 115 Å². The number of halogens is 2. The van der Waals surface area contributed by atoms with Crippen molar-refractivity contribution in [2.75, 3.05) is 18.5 Å². The third-order valence-electron chi connectivity index (χ3n) is 3.54. The smallest absolute Gasteiger partial charge is 0.170 e. The molecule has 0 bridgehead atoms. The molecule has 0 spiro atoms. The number of oxime groups is 1. The number of amidine groups is 1. The van der Waals surface area contributed by atoms with E-state index in [1.165, 1.54) is 4.90 Å². The molecule has 110 valence electrons. The summed E-state index contributed by atoms with van der Waals surface area (Å²) in [5, 5.41) is 20.4. The van der Waals surface area contributed by atoms with Crippen molar-refractivity contribution in [2.45, 2.75) is 18.9 Å². The average molecular weight is 285 g/mol. The highest BCUT2D eigenvalue weighted by Crippen LogP contribution is 2.31. The van der Waals surface area contributed by atoms with Crippen LogP contribution in [-0.4, -0.2) is 35.8 Å². The van der Waals surface area contributed by atoms with Gasteiger partial charge in [-0.25, -0.2) is 8.78 Å². The number of benzene rings is 1. The standard InChI is InChI=1S/C13H17F2N3O2/c1-18(6-7-2-9(19)3-7)12-10(14)4-8(5-11(12)15)13(16)17-20/h4-5,7,9,19-20H,2-3,6H2,1H3,(H2,16,17). The Morgan fingerprint density at radius 1 is 1.40 bits per heavy atom. The molecular weight excluding hydrogens is 268 g/mol. The summed E-state index contributed by atoms with van der Waals surface area (Å²) in [6, 6.07) is 2.05. The molecule has 7 heteroatoms. The Balaban J connectivity index is 2.19. The average Bonchev–Trinajstić information content (AvgIpc) is 2.35. The third kappa shape index (κ3) is 2.82. The molecule has 0 unspecified atom stereocenters. The van der Waals surface area contributed by atoms with Crippen LogP contribution in [0.25, 0.3) is 0 Å². The number of hydrogen-bond donors (Lipinski definition) is 3. The van der Waals surface area contributed by atoms with E-state index >= 15 is 0 Å². The molecule has 0 heterocycles. The fourth-order valence-electron chi connectivity index (χ4n) is 2.46. The lowest BCUT2D eigenvalue weighted by atomic mass is 9.82. The van der Waals surface area contributed by atoms with E-state index in [-0.39, 0.29) is 29.1 Å². The van der Waals surface area contributed by atoms with E-state index in [4.69, 9.17) is 10.9 Å². The predicted molar refractivity (Wildman–Crippen MR) is 70.9 cm³/mol. The zero-order valence-electron chi connectivity index (χ0n) is 11.1. The summed E-state index contributed by atoms with van der Waals surface area (Å²) in [5.41, 5.74) is 5.14.